The predicted octanol–water partition coefficient (Wildman–Crippen LogP) is 4.26. The highest BCUT2D eigenvalue weighted by Crippen LogP contribution is 2.30. The van der Waals surface area contributed by atoms with Crippen LogP contribution in [-0.2, 0) is 6.18 Å². The van der Waals surface area contributed by atoms with Crippen molar-refractivity contribution >= 4 is 15.9 Å². The zero-order valence-electron chi connectivity index (χ0n) is 8.00. The topological polar surface area (TPSA) is 4.93 Å². The second-order valence-corrected chi connectivity index (χ2v) is 4.20. The fourth-order valence-corrected chi connectivity index (χ4v) is 1.71. The molecule has 16 heavy (non-hydrogen) atoms. The number of nitrogens with zero attached hydrogens (tertiary/aromatic N) is 1. The van der Waals surface area contributed by atoms with Gasteiger partial charge in [0.1, 0.15) is 0 Å². The normalized spacial score (nSPS) is 11.8. The Morgan fingerprint density at radius 1 is 1.12 bits per heavy atom. The lowest BCUT2D eigenvalue weighted by Crippen LogP contribution is -2.05. The van der Waals surface area contributed by atoms with Crippen LogP contribution in [0.3, 0.4) is 0 Å². The maximum atomic E-state index is 12.5. The highest BCUT2D eigenvalue weighted by molar-refractivity contribution is 9.10. The van der Waals surface area contributed by atoms with Crippen molar-refractivity contribution in [3.05, 3.63) is 52.8 Å². The van der Waals surface area contributed by atoms with Gasteiger partial charge in [0.25, 0.3) is 0 Å². The third kappa shape index (κ3) is 2.29. The number of hydrogen-bond donors (Lipinski definition) is 0. The average Bonchev–Trinajstić information content (AvgIpc) is 2.64. The van der Waals surface area contributed by atoms with Gasteiger partial charge < -0.3 is 4.57 Å². The molecular formula is C11H7BrF3N. The third-order valence-electron chi connectivity index (χ3n) is 2.13. The number of aromatic nitrogens is 1. The maximum Gasteiger partial charge on any atom is 0.416 e. The van der Waals surface area contributed by atoms with Gasteiger partial charge in [0.05, 0.1) is 5.56 Å². The van der Waals surface area contributed by atoms with Crippen LogP contribution in [0.2, 0.25) is 0 Å². The summed E-state index contributed by atoms with van der Waals surface area (Å²) in [6.45, 7) is 0. The largest absolute Gasteiger partial charge is 0.416 e. The van der Waals surface area contributed by atoms with E-state index >= 15 is 0 Å². The molecule has 0 bridgehead atoms. The van der Waals surface area contributed by atoms with Gasteiger partial charge in [0.2, 0.25) is 0 Å². The summed E-state index contributed by atoms with van der Waals surface area (Å²) in [4.78, 5) is 0. The number of alkyl halides is 3. The average molecular weight is 290 g/mol. The molecule has 0 unspecified atom stereocenters. The first-order valence-electron chi connectivity index (χ1n) is 4.48. The van der Waals surface area contributed by atoms with Crippen LogP contribution in [0, 0.1) is 0 Å². The zero-order valence-corrected chi connectivity index (χ0v) is 9.59. The van der Waals surface area contributed by atoms with E-state index in [1.54, 1.807) is 29.1 Å². The molecule has 0 N–H and O–H groups in total. The lowest BCUT2D eigenvalue weighted by molar-refractivity contribution is -0.137. The van der Waals surface area contributed by atoms with E-state index in [1.807, 2.05) is 0 Å². The van der Waals surface area contributed by atoms with Crippen LogP contribution >= 0.6 is 15.9 Å². The van der Waals surface area contributed by atoms with Crippen molar-refractivity contribution in [1.29, 1.82) is 0 Å². The van der Waals surface area contributed by atoms with Gasteiger partial charge in [-0.1, -0.05) is 6.07 Å². The van der Waals surface area contributed by atoms with E-state index in [2.05, 4.69) is 15.9 Å². The van der Waals surface area contributed by atoms with Crippen molar-refractivity contribution in [2.45, 2.75) is 6.18 Å². The minimum absolute atomic E-state index is 0.487. The van der Waals surface area contributed by atoms with Gasteiger partial charge in [-0.2, -0.15) is 13.2 Å². The molecular weight excluding hydrogens is 283 g/mol. The van der Waals surface area contributed by atoms with E-state index in [1.165, 1.54) is 6.07 Å². The Balaban J connectivity index is 2.44. The molecule has 5 heteroatoms. The molecule has 0 radical (unpaired) electrons. The van der Waals surface area contributed by atoms with E-state index in [0.29, 0.717) is 5.69 Å². The van der Waals surface area contributed by atoms with E-state index in [-0.39, 0.29) is 0 Å². The molecule has 0 aliphatic heterocycles. The summed E-state index contributed by atoms with van der Waals surface area (Å²) >= 11 is 3.24. The Morgan fingerprint density at radius 2 is 1.88 bits per heavy atom. The molecule has 0 aliphatic rings. The van der Waals surface area contributed by atoms with Crippen molar-refractivity contribution < 1.29 is 13.2 Å². The van der Waals surface area contributed by atoms with Crippen molar-refractivity contribution in [3.63, 3.8) is 0 Å². The molecule has 1 aromatic carbocycles. The molecule has 84 valence electrons. The number of halogens is 4. The summed E-state index contributed by atoms with van der Waals surface area (Å²) in [5.41, 5.74) is -0.157. The fraction of sp³-hybridized carbons (Fsp3) is 0.0909. The Kier molecular flexibility index (Phi) is 2.80. The smallest absolute Gasteiger partial charge is 0.323 e. The minimum atomic E-state index is -4.31. The standard InChI is InChI=1S/C11H7BrF3N/c12-9-4-5-16(7-9)10-3-1-2-8(6-10)11(13,14)15/h1-7H. The van der Waals surface area contributed by atoms with Gasteiger partial charge >= 0.3 is 6.18 Å². The molecule has 0 amide bonds. The van der Waals surface area contributed by atoms with Gasteiger partial charge in [-0.25, -0.2) is 0 Å². The summed E-state index contributed by atoms with van der Waals surface area (Å²) in [5.74, 6) is 0. The molecule has 2 rings (SSSR count). The Morgan fingerprint density at radius 3 is 2.44 bits per heavy atom. The summed E-state index contributed by atoms with van der Waals surface area (Å²) < 4.78 is 39.9. The Labute approximate surface area is 98.6 Å². The molecule has 0 saturated carbocycles. The second-order valence-electron chi connectivity index (χ2n) is 3.29. The maximum absolute atomic E-state index is 12.5. The van der Waals surface area contributed by atoms with Gasteiger partial charge in [0, 0.05) is 22.6 Å². The Bertz CT molecular complexity index is 502. The van der Waals surface area contributed by atoms with Crippen LogP contribution in [0.15, 0.2) is 47.2 Å². The first-order chi connectivity index (χ1) is 7.47. The van der Waals surface area contributed by atoms with Gasteiger partial charge in [-0.15, -0.1) is 0 Å². The fourth-order valence-electron chi connectivity index (χ4n) is 1.37. The van der Waals surface area contributed by atoms with Gasteiger partial charge in [0.15, 0.2) is 0 Å². The third-order valence-corrected chi connectivity index (χ3v) is 2.60. The summed E-state index contributed by atoms with van der Waals surface area (Å²) in [5, 5.41) is 0. The highest BCUT2D eigenvalue weighted by Gasteiger charge is 2.30. The van der Waals surface area contributed by atoms with E-state index in [0.717, 1.165) is 16.6 Å². The molecule has 0 fully saturated rings. The van der Waals surface area contributed by atoms with Crippen LogP contribution < -0.4 is 0 Å². The van der Waals surface area contributed by atoms with Crippen molar-refractivity contribution in [2.75, 3.05) is 0 Å². The molecule has 1 aromatic heterocycles. The van der Waals surface area contributed by atoms with Crippen molar-refractivity contribution in [2.24, 2.45) is 0 Å². The minimum Gasteiger partial charge on any atom is -0.323 e. The summed E-state index contributed by atoms with van der Waals surface area (Å²) in [6.07, 6.45) is -0.907. The summed E-state index contributed by atoms with van der Waals surface area (Å²) in [7, 11) is 0. The van der Waals surface area contributed by atoms with E-state index in [9.17, 15) is 13.2 Å². The Hall–Kier alpha value is -1.23. The molecule has 0 aliphatic carbocycles. The zero-order chi connectivity index (χ0) is 11.8. The molecule has 0 spiro atoms. The van der Waals surface area contributed by atoms with Crippen LogP contribution in [0.4, 0.5) is 13.2 Å². The first-order valence-corrected chi connectivity index (χ1v) is 5.27. The molecule has 1 heterocycles. The van der Waals surface area contributed by atoms with E-state index in [4.69, 9.17) is 0 Å². The second kappa shape index (κ2) is 3.97. The first kappa shape index (κ1) is 11.3. The highest BCUT2D eigenvalue weighted by atomic mass is 79.9. The summed E-state index contributed by atoms with van der Waals surface area (Å²) in [6, 6.07) is 6.96. The number of benzene rings is 1. The molecule has 0 atom stereocenters. The SMILES string of the molecule is FC(F)(F)c1cccc(-n2ccc(Br)c2)c1. The molecule has 0 saturated heterocycles. The lowest BCUT2D eigenvalue weighted by atomic mass is 10.2. The molecule has 2 aromatic rings. The monoisotopic (exact) mass is 289 g/mol. The number of rotatable bonds is 1. The van der Waals surface area contributed by atoms with Crippen molar-refractivity contribution in [3.8, 4) is 5.69 Å². The molecule has 1 nitrogen and oxygen atoms in total. The quantitative estimate of drug-likeness (QED) is 0.739. The number of hydrogen-bond acceptors (Lipinski definition) is 0. The van der Waals surface area contributed by atoms with Crippen molar-refractivity contribution in [1.82, 2.24) is 4.57 Å². The van der Waals surface area contributed by atoms with Gasteiger partial charge in [-0.05, 0) is 40.2 Å². The van der Waals surface area contributed by atoms with Crippen LogP contribution in [0.1, 0.15) is 5.56 Å². The van der Waals surface area contributed by atoms with Crippen LogP contribution in [0.25, 0.3) is 5.69 Å². The van der Waals surface area contributed by atoms with Crippen LogP contribution in [-0.4, -0.2) is 4.57 Å². The predicted molar refractivity (Wildman–Crippen MR) is 58.5 cm³/mol. The lowest BCUT2D eigenvalue weighted by Gasteiger charge is -2.09. The van der Waals surface area contributed by atoms with Crippen LogP contribution in [0.5, 0.6) is 0 Å². The van der Waals surface area contributed by atoms with Gasteiger partial charge in [-0.3, -0.25) is 0 Å². The van der Waals surface area contributed by atoms with E-state index < -0.39 is 11.7 Å².